The zero-order chi connectivity index (χ0) is 19.0. The van der Waals surface area contributed by atoms with Gasteiger partial charge in [-0.05, 0) is 54.8 Å². The van der Waals surface area contributed by atoms with Crippen LogP contribution in [0, 0.1) is 28.6 Å². The summed E-state index contributed by atoms with van der Waals surface area (Å²) in [5.74, 6) is 2.12. The lowest BCUT2D eigenvalue weighted by molar-refractivity contribution is -0.115. The molecule has 140 valence electrons. The van der Waals surface area contributed by atoms with Crippen LogP contribution in [-0.4, -0.2) is 30.6 Å². The van der Waals surface area contributed by atoms with Crippen molar-refractivity contribution in [2.75, 3.05) is 14.1 Å². The van der Waals surface area contributed by atoms with Gasteiger partial charge in [0.1, 0.15) is 0 Å². The molecule has 0 radical (unpaired) electrons. The van der Waals surface area contributed by atoms with Crippen molar-refractivity contribution in [2.45, 2.75) is 60.3 Å². The Bertz CT molecular complexity index is 599. The Morgan fingerprint density at radius 3 is 2.56 bits per heavy atom. The van der Waals surface area contributed by atoms with Crippen molar-refractivity contribution in [1.82, 2.24) is 5.01 Å². The summed E-state index contributed by atoms with van der Waals surface area (Å²) in [4.78, 5) is 12.6. The van der Waals surface area contributed by atoms with E-state index in [0.29, 0.717) is 35.2 Å². The molecule has 3 heteroatoms. The van der Waals surface area contributed by atoms with Crippen molar-refractivity contribution in [3.63, 3.8) is 0 Å². The van der Waals surface area contributed by atoms with Crippen LogP contribution in [0.1, 0.15) is 60.3 Å². The molecule has 3 nitrogen and oxygen atoms in total. The highest BCUT2D eigenvalue weighted by Crippen LogP contribution is 2.63. The predicted octanol–water partition coefficient (Wildman–Crippen LogP) is 5.09. The molecule has 1 fully saturated rings. The Kier molecular flexibility index (Phi) is 5.65. The van der Waals surface area contributed by atoms with Gasteiger partial charge in [0.2, 0.25) is 0 Å². The van der Waals surface area contributed by atoms with Gasteiger partial charge in [-0.15, -0.1) is 0 Å². The minimum Gasteiger partial charge on any atom is -0.303 e. The summed E-state index contributed by atoms with van der Waals surface area (Å²) in [6.45, 7) is 15.5. The monoisotopic (exact) mass is 344 g/mol. The zero-order valence-electron chi connectivity index (χ0n) is 17.2. The van der Waals surface area contributed by atoms with Gasteiger partial charge in [0.05, 0.1) is 5.71 Å². The average Bonchev–Trinajstić information content (AvgIpc) is 2.68. The number of nitrogens with zero attached hydrogens (tertiary/aromatic N) is 2. The number of hydrazone groups is 1. The van der Waals surface area contributed by atoms with Crippen LogP contribution in [0.5, 0.6) is 0 Å². The lowest BCUT2D eigenvalue weighted by Gasteiger charge is -2.46. The van der Waals surface area contributed by atoms with Crippen LogP contribution >= 0.6 is 0 Å². The first-order valence-corrected chi connectivity index (χ1v) is 9.62. The highest BCUT2D eigenvalue weighted by atomic mass is 16.1. The lowest BCUT2D eigenvalue weighted by Crippen LogP contribution is -2.39. The number of carbonyl (C=O) groups is 1. The second kappa shape index (κ2) is 7.09. The predicted molar refractivity (Wildman–Crippen MR) is 107 cm³/mol. The number of Topliss-reactive ketones (excluding diaryl/α,β-unsaturated/α-hetero) is 1. The second-order valence-corrected chi connectivity index (χ2v) is 9.24. The summed E-state index contributed by atoms with van der Waals surface area (Å²) in [5, 5.41) is 6.02. The number of carbonyl (C=O) groups excluding carboxylic acids is 1. The third-order valence-corrected chi connectivity index (χ3v) is 6.87. The first-order chi connectivity index (χ1) is 11.5. The number of hydrogen-bond donors (Lipinski definition) is 0. The summed E-state index contributed by atoms with van der Waals surface area (Å²) < 4.78 is 0. The molecule has 0 aliphatic heterocycles. The Hall–Kier alpha value is -1.38. The van der Waals surface area contributed by atoms with Crippen molar-refractivity contribution < 1.29 is 4.79 Å². The van der Waals surface area contributed by atoms with Gasteiger partial charge in [0, 0.05) is 26.1 Å². The van der Waals surface area contributed by atoms with E-state index in [9.17, 15) is 4.79 Å². The molecule has 0 aromatic rings. The normalized spacial score (nSPS) is 33.9. The van der Waals surface area contributed by atoms with Crippen LogP contribution in [0.3, 0.4) is 0 Å². The van der Waals surface area contributed by atoms with Gasteiger partial charge in [-0.2, -0.15) is 5.10 Å². The van der Waals surface area contributed by atoms with Crippen molar-refractivity contribution in [3.8, 4) is 0 Å². The van der Waals surface area contributed by atoms with Gasteiger partial charge >= 0.3 is 0 Å². The quantitative estimate of drug-likeness (QED) is 0.291. The van der Waals surface area contributed by atoms with E-state index in [0.717, 1.165) is 18.6 Å². The molecule has 2 aliphatic carbocycles. The molecule has 0 spiro atoms. The fourth-order valence-corrected chi connectivity index (χ4v) is 5.45. The van der Waals surface area contributed by atoms with E-state index < -0.39 is 0 Å². The number of hydrogen-bond acceptors (Lipinski definition) is 3. The van der Waals surface area contributed by atoms with E-state index in [1.54, 1.807) is 5.01 Å². The molecule has 4 atom stereocenters. The summed E-state index contributed by atoms with van der Waals surface area (Å²) in [6.07, 6.45) is 8.73. The molecule has 0 saturated heterocycles. The second-order valence-electron chi connectivity index (χ2n) is 9.24. The first-order valence-electron chi connectivity index (χ1n) is 9.62. The highest BCUT2D eigenvalue weighted by molar-refractivity contribution is 6.20. The van der Waals surface area contributed by atoms with Crippen LogP contribution in [0.2, 0.25) is 0 Å². The third-order valence-electron chi connectivity index (χ3n) is 6.87. The zero-order valence-corrected chi connectivity index (χ0v) is 17.2. The van der Waals surface area contributed by atoms with Crippen LogP contribution in [0.25, 0.3) is 0 Å². The third kappa shape index (κ3) is 3.75. The molecule has 0 heterocycles. The maximum absolute atomic E-state index is 12.6. The number of ketones is 1. The van der Waals surface area contributed by atoms with E-state index in [1.807, 2.05) is 21.0 Å². The Morgan fingerprint density at radius 1 is 1.32 bits per heavy atom. The summed E-state index contributed by atoms with van der Waals surface area (Å²) in [5.41, 5.74) is 1.85. The van der Waals surface area contributed by atoms with E-state index >= 15 is 0 Å². The maximum atomic E-state index is 12.6. The van der Waals surface area contributed by atoms with Crippen LogP contribution < -0.4 is 0 Å². The van der Waals surface area contributed by atoms with Gasteiger partial charge in [0.25, 0.3) is 0 Å². The highest BCUT2D eigenvalue weighted by Gasteiger charge is 2.56. The minimum absolute atomic E-state index is 0.143. The molecule has 25 heavy (non-hydrogen) atoms. The van der Waals surface area contributed by atoms with Gasteiger partial charge in [-0.1, -0.05) is 46.4 Å². The Morgan fingerprint density at radius 2 is 1.96 bits per heavy atom. The fourth-order valence-electron chi connectivity index (χ4n) is 5.45. The fraction of sp³-hybridized carbons (Fsp3) is 0.727. The summed E-state index contributed by atoms with van der Waals surface area (Å²) in [6, 6.07) is 0. The lowest BCUT2D eigenvalue weighted by atomic mass is 9.58. The summed E-state index contributed by atoms with van der Waals surface area (Å²) in [7, 11) is 3.72. The molecule has 0 bridgehead atoms. The molecule has 0 aromatic heterocycles. The van der Waals surface area contributed by atoms with E-state index in [-0.39, 0.29) is 11.2 Å². The maximum Gasteiger partial charge on any atom is 0.164 e. The minimum atomic E-state index is 0.143. The molecule has 2 rings (SSSR count). The van der Waals surface area contributed by atoms with Gasteiger partial charge in [0.15, 0.2) is 5.78 Å². The topological polar surface area (TPSA) is 32.7 Å². The van der Waals surface area contributed by atoms with Crippen molar-refractivity contribution >= 4 is 11.5 Å². The number of rotatable bonds is 6. The van der Waals surface area contributed by atoms with Crippen molar-refractivity contribution in [1.29, 1.82) is 0 Å². The molecular formula is C22H36N2O. The molecule has 1 saturated carbocycles. The smallest absolute Gasteiger partial charge is 0.164 e. The molecule has 0 aromatic carbocycles. The Balaban J connectivity index is 2.06. The van der Waals surface area contributed by atoms with E-state index in [2.05, 4.69) is 51.5 Å². The van der Waals surface area contributed by atoms with Gasteiger partial charge in [-0.25, -0.2) is 0 Å². The first kappa shape index (κ1) is 19.9. The molecule has 4 unspecified atom stereocenters. The van der Waals surface area contributed by atoms with Crippen LogP contribution in [0.4, 0.5) is 0 Å². The average molecular weight is 345 g/mol. The molecular weight excluding hydrogens is 308 g/mol. The molecule has 0 amide bonds. The van der Waals surface area contributed by atoms with Crippen molar-refractivity contribution in [2.24, 2.45) is 33.7 Å². The molecule has 0 N–H and O–H groups in total. The standard InChI is InChI=1S/C22H36N2O/c1-15-14-21(4,5)22(6)13-9-10-18(20(15)22)11-12-19(25)16(2)17(3)23-24(7)8/h9,13,15,18,20H,2,10-12,14H2,1,3-8H3/b23-17-. The van der Waals surface area contributed by atoms with Gasteiger partial charge in [-0.3, -0.25) is 4.79 Å². The van der Waals surface area contributed by atoms with Crippen LogP contribution in [0.15, 0.2) is 29.4 Å². The van der Waals surface area contributed by atoms with E-state index in [1.165, 1.54) is 6.42 Å². The largest absolute Gasteiger partial charge is 0.303 e. The number of allylic oxidation sites excluding steroid dienone is 3. The van der Waals surface area contributed by atoms with Crippen molar-refractivity contribution in [3.05, 3.63) is 24.3 Å². The molecule has 2 aliphatic rings. The van der Waals surface area contributed by atoms with Gasteiger partial charge < -0.3 is 5.01 Å². The Labute approximate surface area is 154 Å². The summed E-state index contributed by atoms with van der Waals surface area (Å²) >= 11 is 0. The van der Waals surface area contributed by atoms with E-state index in [4.69, 9.17) is 0 Å². The SMILES string of the molecule is C=C(C(=O)CCC1CC=CC2(C)C1C(C)CC2(C)C)/C(C)=N\N(C)C. The number of fused-ring (bicyclic) bond motifs is 1. The van der Waals surface area contributed by atoms with Crippen LogP contribution in [-0.2, 0) is 4.79 Å².